The maximum absolute atomic E-state index is 11.2. The highest BCUT2D eigenvalue weighted by Gasteiger charge is 2.31. The number of anilines is 1. The molecule has 1 aromatic heterocycles. The van der Waals surface area contributed by atoms with Crippen molar-refractivity contribution < 1.29 is 4.79 Å². The minimum Gasteiger partial charge on any atom is -0.398 e. The van der Waals surface area contributed by atoms with Crippen molar-refractivity contribution in [2.24, 2.45) is 0 Å². The van der Waals surface area contributed by atoms with Gasteiger partial charge in [-0.15, -0.1) is 0 Å². The number of hydrogen-bond acceptors (Lipinski definition) is 3. The number of carbonyl (C=O) groups is 1. The lowest BCUT2D eigenvalue weighted by Gasteiger charge is -2.25. The fourth-order valence-electron chi connectivity index (χ4n) is 2.56. The summed E-state index contributed by atoms with van der Waals surface area (Å²) in [6, 6.07) is 8.70. The fourth-order valence-corrected chi connectivity index (χ4v) is 3.22. The van der Waals surface area contributed by atoms with Gasteiger partial charge in [-0.1, -0.05) is 12.1 Å². The molecule has 1 aromatic carbocycles. The van der Waals surface area contributed by atoms with Gasteiger partial charge in [0.25, 0.3) is 0 Å². The van der Waals surface area contributed by atoms with E-state index in [-0.39, 0.29) is 6.04 Å². The number of hydrogen-bond donors (Lipinski definition) is 1. The Labute approximate surface area is 123 Å². The Bertz CT molecular complexity index is 605. The average molecular weight is 286 g/mol. The van der Waals surface area contributed by atoms with E-state index in [9.17, 15) is 4.79 Å². The van der Waals surface area contributed by atoms with Crippen LogP contribution in [0.15, 0.2) is 35.0 Å². The Morgan fingerprint density at radius 3 is 2.75 bits per heavy atom. The van der Waals surface area contributed by atoms with E-state index in [0.717, 1.165) is 41.6 Å². The summed E-state index contributed by atoms with van der Waals surface area (Å²) >= 11 is 1.66. The molecule has 3 rings (SSSR count). The SMILES string of the molecule is CC(c1ccc(-c2ccsc2)c(N)c1)N(C=O)C1CC1. The third-order valence-corrected chi connectivity index (χ3v) is 4.61. The third-order valence-electron chi connectivity index (χ3n) is 3.93. The first-order valence-electron chi connectivity index (χ1n) is 6.85. The minimum atomic E-state index is 0.0822. The van der Waals surface area contributed by atoms with Crippen LogP contribution in [0, 0.1) is 0 Å². The van der Waals surface area contributed by atoms with Gasteiger partial charge in [-0.05, 0) is 53.8 Å². The molecule has 0 radical (unpaired) electrons. The van der Waals surface area contributed by atoms with E-state index in [1.807, 2.05) is 16.3 Å². The normalized spacial score (nSPS) is 15.8. The van der Waals surface area contributed by atoms with E-state index in [1.54, 1.807) is 11.3 Å². The topological polar surface area (TPSA) is 46.3 Å². The van der Waals surface area contributed by atoms with Gasteiger partial charge < -0.3 is 10.6 Å². The molecule has 0 spiro atoms. The largest absolute Gasteiger partial charge is 0.398 e. The first-order chi connectivity index (χ1) is 9.70. The summed E-state index contributed by atoms with van der Waals surface area (Å²) in [4.78, 5) is 13.1. The molecule has 4 heteroatoms. The Kier molecular flexibility index (Phi) is 3.49. The zero-order valence-electron chi connectivity index (χ0n) is 11.5. The lowest BCUT2D eigenvalue weighted by atomic mass is 10.0. The standard InChI is InChI=1S/C16H18N2OS/c1-11(18(10-19)14-3-4-14)12-2-5-15(16(17)8-12)13-6-7-20-9-13/h2,5-11,14H,3-4,17H2,1H3. The van der Waals surface area contributed by atoms with E-state index in [4.69, 9.17) is 5.73 Å². The van der Waals surface area contributed by atoms with Crippen LogP contribution in [0.5, 0.6) is 0 Å². The van der Waals surface area contributed by atoms with Gasteiger partial charge in [0, 0.05) is 17.3 Å². The van der Waals surface area contributed by atoms with Gasteiger partial charge in [-0.25, -0.2) is 0 Å². The van der Waals surface area contributed by atoms with Crippen molar-refractivity contribution >= 4 is 23.4 Å². The molecule has 1 atom stereocenters. The highest BCUT2D eigenvalue weighted by Crippen LogP contribution is 2.35. The molecule has 0 saturated heterocycles. The van der Waals surface area contributed by atoms with Gasteiger partial charge in [0.05, 0.1) is 6.04 Å². The second-order valence-corrected chi connectivity index (χ2v) is 6.10. The van der Waals surface area contributed by atoms with Crippen molar-refractivity contribution in [3.8, 4) is 11.1 Å². The fraction of sp³-hybridized carbons (Fsp3) is 0.312. The lowest BCUT2D eigenvalue weighted by Crippen LogP contribution is -2.27. The maximum atomic E-state index is 11.2. The molecule has 3 nitrogen and oxygen atoms in total. The molecular weight excluding hydrogens is 268 g/mol. The molecule has 0 bridgehead atoms. The van der Waals surface area contributed by atoms with Crippen LogP contribution in [0.2, 0.25) is 0 Å². The number of nitrogen functional groups attached to an aromatic ring is 1. The summed E-state index contributed by atoms with van der Waals surface area (Å²) in [5.74, 6) is 0. The van der Waals surface area contributed by atoms with E-state index >= 15 is 0 Å². The predicted octanol–water partition coefficient (Wildman–Crippen LogP) is 3.68. The average Bonchev–Trinajstić information content (AvgIpc) is 3.13. The first-order valence-corrected chi connectivity index (χ1v) is 7.79. The van der Waals surface area contributed by atoms with Crippen molar-refractivity contribution in [3.05, 3.63) is 40.6 Å². The van der Waals surface area contributed by atoms with Crippen LogP contribution in [0.1, 0.15) is 31.4 Å². The Morgan fingerprint density at radius 1 is 1.40 bits per heavy atom. The van der Waals surface area contributed by atoms with Crippen LogP contribution >= 0.6 is 11.3 Å². The number of carbonyl (C=O) groups excluding carboxylic acids is 1. The number of amides is 1. The maximum Gasteiger partial charge on any atom is 0.210 e. The molecule has 1 fully saturated rings. The summed E-state index contributed by atoms with van der Waals surface area (Å²) < 4.78 is 0. The molecule has 20 heavy (non-hydrogen) atoms. The number of benzene rings is 1. The molecular formula is C16H18N2OS. The second-order valence-electron chi connectivity index (χ2n) is 5.32. The first kappa shape index (κ1) is 13.2. The van der Waals surface area contributed by atoms with Crippen molar-refractivity contribution in [1.29, 1.82) is 0 Å². The van der Waals surface area contributed by atoms with Crippen molar-refractivity contribution in [3.63, 3.8) is 0 Å². The van der Waals surface area contributed by atoms with E-state index in [0.29, 0.717) is 6.04 Å². The van der Waals surface area contributed by atoms with Gasteiger partial charge in [-0.2, -0.15) is 11.3 Å². The van der Waals surface area contributed by atoms with Gasteiger partial charge >= 0.3 is 0 Å². The van der Waals surface area contributed by atoms with Crippen LogP contribution in [0.4, 0.5) is 5.69 Å². The Morgan fingerprint density at radius 2 is 2.20 bits per heavy atom. The quantitative estimate of drug-likeness (QED) is 0.673. The summed E-state index contributed by atoms with van der Waals surface area (Å²) in [6.07, 6.45) is 3.20. The Balaban J connectivity index is 1.88. The monoisotopic (exact) mass is 286 g/mol. The van der Waals surface area contributed by atoms with Crippen LogP contribution in [0.3, 0.4) is 0 Å². The molecule has 1 saturated carbocycles. The van der Waals surface area contributed by atoms with E-state index in [1.165, 1.54) is 0 Å². The van der Waals surface area contributed by atoms with E-state index in [2.05, 4.69) is 30.5 Å². The molecule has 1 aliphatic rings. The number of rotatable bonds is 5. The van der Waals surface area contributed by atoms with Crippen molar-refractivity contribution in [1.82, 2.24) is 4.90 Å². The lowest BCUT2D eigenvalue weighted by molar-refractivity contribution is -0.120. The number of nitrogens with two attached hydrogens (primary N) is 1. The van der Waals surface area contributed by atoms with E-state index < -0.39 is 0 Å². The molecule has 0 aliphatic heterocycles. The number of thiophene rings is 1. The zero-order chi connectivity index (χ0) is 14.1. The zero-order valence-corrected chi connectivity index (χ0v) is 12.3. The molecule has 1 unspecified atom stereocenters. The highest BCUT2D eigenvalue weighted by molar-refractivity contribution is 7.08. The molecule has 104 valence electrons. The molecule has 1 amide bonds. The van der Waals surface area contributed by atoms with Crippen LogP contribution < -0.4 is 5.73 Å². The Hall–Kier alpha value is -1.81. The van der Waals surface area contributed by atoms with Gasteiger partial charge in [0.2, 0.25) is 6.41 Å². The minimum absolute atomic E-state index is 0.0822. The second kappa shape index (κ2) is 5.29. The third kappa shape index (κ3) is 2.43. The van der Waals surface area contributed by atoms with Crippen LogP contribution in [0.25, 0.3) is 11.1 Å². The van der Waals surface area contributed by atoms with Crippen molar-refractivity contribution in [2.75, 3.05) is 5.73 Å². The molecule has 2 N–H and O–H groups in total. The molecule has 1 aliphatic carbocycles. The summed E-state index contributed by atoms with van der Waals surface area (Å²) in [6.45, 7) is 2.06. The summed E-state index contributed by atoms with van der Waals surface area (Å²) in [5.41, 5.74) is 10.3. The van der Waals surface area contributed by atoms with Crippen LogP contribution in [-0.2, 0) is 4.79 Å². The number of nitrogens with zero attached hydrogens (tertiary/aromatic N) is 1. The molecule has 1 heterocycles. The summed E-state index contributed by atoms with van der Waals surface area (Å²) in [7, 11) is 0. The summed E-state index contributed by atoms with van der Waals surface area (Å²) in [5, 5.41) is 4.14. The van der Waals surface area contributed by atoms with Gasteiger partial charge in [-0.3, -0.25) is 4.79 Å². The van der Waals surface area contributed by atoms with Gasteiger partial charge in [0.15, 0.2) is 0 Å². The van der Waals surface area contributed by atoms with Crippen molar-refractivity contribution in [2.45, 2.75) is 31.8 Å². The smallest absolute Gasteiger partial charge is 0.210 e. The highest BCUT2D eigenvalue weighted by atomic mass is 32.1. The van der Waals surface area contributed by atoms with Crippen LogP contribution in [-0.4, -0.2) is 17.4 Å². The van der Waals surface area contributed by atoms with Gasteiger partial charge in [0.1, 0.15) is 0 Å². The predicted molar refractivity (Wildman–Crippen MR) is 83.5 cm³/mol. The molecule has 2 aromatic rings.